The summed E-state index contributed by atoms with van der Waals surface area (Å²) < 4.78 is 0. The van der Waals surface area contributed by atoms with E-state index < -0.39 is 0 Å². The number of thiazole rings is 1. The minimum absolute atomic E-state index is 0. The van der Waals surface area contributed by atoms with Crippen LogP contribution in [0.2, 0.25) is 0 Å². The van der Waals surface area contributed by atoms with Gasteiger partial charge in [0, 0.05) is 36.1 Å². The van der Waals surface area contributed by atoms with Crippen molar-refractivity contribution in [2.45, 2.75) is 71.6 Å². The van der Waals surface area contributed by atoms with Gasteiger partial charge in [-0.15, -0.1) is 35.3 Å². The van der Waals surface area contributed by atoms with Gasteiger partial charge in [0.1, 0.15) is 0 Å². The highest BCUT2D eigenvalue weighted by atomic mass is 127. The lowest BCUT2D eigenvalue weighted by atomic mass is 10.2. The zero-order chi connectivity index (χ0) is 16.4. The molecule has 7 heteroatoms. The third-order valence-corrected chi connectivity index (χ3v) is 5.76. The molecular formula is C17H30IN5S. The molecule has 1 aliphatic carbocycles. The second-order valence-corrected chi connectivity index (χ2v) is 8.08. The molecular weight excluding hydrogens is 433 g/mol. The van der Waals surface area contributed by atoms with Crippen LogP contribution in [-0.2, 0) is 6.54 Å². The third kappa shape index (κ3) is 5.05. The van der Waals surface area contributed by atoms with Crippen LogP contribution in [0.3, 0.4) is 0 Å². The summed E-state index contributed by atoms with van der Waals surface area (Å²) in [7, 11) is 0. The third-order valence-electron chi connectivity index (χ3n) is 4.70. The summed E-state index contributed by atoms with van der Waals surface area (Å²) in [6, 6.07) is 2.04. The van der Waals surface area contributed by atoms with Crippen LogP contribution in [0.5, 0.6) is 0 Å². The normalized spacial score (nSPS) is 24.8. The Balaban J connectivity index is 0.00000208. The Morgan fingerprint density at radius 2 is 2.12 bits per heavy atom. The van der Waals surface area contributed by atoms with Gasteiger partial charge in [-0.25, -0.2) is 9.98 Å². The molecule has 2 aliphatic rings. The standard InChI is InChI=1S/C17H29N5S.HI/c1-5-18-17(19-9-16-12(3)20-13(4)23-16)21-14-8-11(2)22(10-14)15-6-7-15;/h11,14-15H,5-10H2,1-4H3,(H2,18,19,21);1H. The first-order valence-electron chi connectivity index (χ1n) is 8.80. The lowest BCUT2D eigenvalue weighted by molar-refractivity contribution is 0.256. The Bertz CT molecular complexity index is 569. The number of aromatic nitrogens is 1. The van der Waals surface area contributed by atoms with E-state index in [-0.39, 0.29) is 24.0 Å². The Hall–Kier alpha value is -0.410. The molecule has 5 nitrogen and oxygen atoms in total. The molecule has 1 saturated heterocycles. The molecule has 1 aromatic rings. The highest BCUT2D eigenvalue weighted by Crippen LogP contribution is 2.33. The summed E-state index contributed by atoms with van der Waals surface area (Å²) in [5.41, 5.74) is 1.11. The predicted octanol–water partition coefficient (Wildman–Crippen LogP) is 3.06. The summed E-state index contributed by atoms with van der Waals surface area (Å²) in [5.74, 6) is 0.938. The Morgan fingerprint density at radius 1 is 1.38 bits per heavy atom. The number of hydrogen-bond donors (Lipinski definition) is 2. The first kappa shape index (κ1) is 19.9. The monoisotopic (exact) mass is 463 g/mol. The molecule has 24 heavy (non-hydrogen) atoms. The fraction of sp³-hybridized carbons (Fsp3) is 0.765. The minimum Gasteiger partial charge on any atom is -0.357 e. The van der Waals surface area contributed by atoms with Crippen LogP contribution < -0.4 is 10.6 Å². The summed E-state index contributed by atoms with van der Waals surface area (Å²) in [6.07, 6.45) is 3.98. The zero-order valence-corrected chi connectivity index (χ0v) is 18.3. The Labute approximate surface area is 166 Å². The molecule has 1 saturated carbocycles. The number of nitrogens with zero attached hydrogens (tertiary/aromatic N) is 3. The summed E-state index contributed by atoms with van der Waals surface area (Å²) >= 11 is 1.75. The van der Waals surface area contributed by atoms with Crippen molar-refractivity contribution in [2.24, 2.45) is 4.99 Å². The van der Waals surface area contributed by atoms with E-state index in [4.69, 9.17) is 4.99 Å². The highest BCUT2D eigenvalue weighted by molar-refractivity contribution is 14.0. The van der Waals surface area contributed by atoms with Crippen LogP contribution in [-0.4, -0.2) is 47.1 Å². The van der Waals surface area contributed by atoms with Crippen LogP contribution >= 0.6 is 35.3 Å². The van der Waals surface area contributed by atoms with Gasteiger partial charge >= 0.3 is 0 Å². The maximum Gasteiger partial charge on any atom is 0.191 e. The lowest BCUT2D eigenvalue weighted by Gasteiger charge is -2.20. The van der Waals surface area contributed by atoms with Gasteiger partial charge in [0.15, 0.2) is 5.96 Å². The van der Waals surface area contributed by atoms with Gasteiger partial charge in [-0.05, 0) is 47.0 Å². The molecule has 136 valence electrons. The molecule has 0 radical (unpaired) electrons. The van der Waals surface area contributed by atoms with Crippen molar-refractivity contribution in [2.75, 3.05) is 13.1 Å². The van der Waals surface area contributed by atoms with Crippen molar-refractivity contribution in [3.05, 3.63) is 15.6 Å². The molecule has 2 heterocycles. The Kier molecular flexibility index (Phi) is 7.30. The molecule has 2 fully saturated rings. The molecule has 0 amide bonds. The van der Waals surface area contributed by atoms with Crippen LogP contribution in [0.15, 0.2) is 4.99 Å². The lowest BCUT2D eigenvalue weighted by Crippen LogP contribution is -2.44. The fourth-order valence-electron chi connectivity index (χ4n) is 3.46. The van der Waals surface area contributed by atoms with E-state index in [1.54, 1.807) is 11.3 Å². The number of rotatable bonds is 5. The van der Waals surface area contributed by atoms with Crippen molar-refractivity contribution in [1.29, 1.82) is 0 Å². The van der Waals surface area contributed by atoms with Gasteiger partial charge in [-0.1, -0.05) is 0 Å². The number of aliphatic imine (C=N–C) groups is 1. The van der Waals surface area contributed by atoms with E-state index in [0.29, 0.717) is 18.6 Å². The van der Waals surface area contributed by atoms with Gasteiger partial charge in [0.2, 0.25) is 0 Å². The molecule has 0 aromatic carbocycles. The summed E-state index contributed by atoms with van der Waals surface area (Å²) in [6.45, 7) is 11.3. The zero-order valence-electron chi connectivity index (χ0n) is 15.1. The quantitative estimate of drug-likeness (QED) is 0.401. The maximum absolute atomic E-state index is 4.78. The van der Waals surface area contributed by atoms with E-state index in [9.17, 15) is 0 Å². The minimum atomic E-state index is 0. The smallest absolute Gasteiger partial charge is 0.191 e. The van der Waals surface area contributed by atoms with E-state index in [2.05, 4.69) is 48.2 Å². The molecule has 3 rings (SSSR count). The van der Waals surface area contributed by atoms with Crippen molar-refractivity contribution >= 4 is 41.3 Å². The van der Waals surface area contributed by atoms with Gasteiger partial charge in [-0.2, -0.15) is 0 Å². The first-order chi connectivity index (χ1) is 11.1. The number of guanidine groups is 1. The van der Waals surface area contributed by atoms with E-state index in [1.165, 1.54) is 24.1 Å². The number of nitrogens with one attached hydrogen (secondary N) is 2. The van der Waals surface area contributed by atoms with Crippen LogP contribution in [0.25, 0.3) is 0 Å². The predicted molar refractivity (Wildman–Crippen MR) is 113 cm³/mol. The number of aryl methyl sites for hydroxylation is 2. The molecule has 2 N–H and O–H groups in total. The Morgan fingerprint density at radius 3 is 2.71 bits per heavy atom. The number of hydrogen-bond acceptors (Lipinski definition) is 4. The molecule has 0 bridgehead atoms. The van der Waals surface area contributed by atoms with Crippen molar-refractivity contribution in [3.8, 4) is 0 Å². The summed E-state index contributed by atoms with van der Waals surface area (Å²) in [4.78, 5) is 13.2. The topological polar surface area (TPSA) is 52.6 Å². The fourth-order valence-corrected chi connectivity index (χ4v) is 4.32. The second kappa shape index (κ2) is 8.80. The van der Waals surface area contributed by atoms with Crippen molar-refractivity contribution < 1.29 is 0 Å². The second-order valence-electron chi connectivity index (χ2n) is 6.79. The van der Waals surface area contributed by atoms with Crippen LogP contribution in [0.4, 0.5) is 0 Å². The SMILES string of the molecule is CCNC(=NCc1sc(C)nc1C)NC1CC(C)N(C2CC2)C1.I. The van der Waals surface area contributed by atoms with Gasteiger partial charge < -0.3 is 10.6 Å². The summed E-state index contributed by atoms with van der Waals surface area (Å²) in [5, 5.41) is 8.14. The van der Waals surface area contributed by atoms with Crippen LogP contribution in [0, 0.1) is 13.8 Å². The molecule has 1 aliphatic heterocycles. The highest BCUT2D eigenvalue weighted by Gasteiger charge is 2.38. The van der Waals surface area contributed by atoms with Crippen molar-refractivity contribution in [3.63, 3.8) is 0 Å². The van der Waals surface area contributed by atoms with E-state index in [1.807, 2.05) is 0 Å². The molecule has 0 spiro atoms. The van der Waals surface area contributed by atoms with Gasteiger partial charge in [0.25, 0.3) is 0 Å². The average Bonchev–Trinajstić information content (AvgIpc) is 3.19. The van der Waals surface area contributed by atoms with Crippen LogP contribution in [0.1, 0.15) is 48.7 Å². The van der Waals surface area contributed by atoms with Gasteiger partial charge in [-0.3, -0.25) is 4.90 Å². The molecule has 2 unspecified atom stereocenters. The molecule has 2 atom stereocenters. The van der Waals surface area contributed by atoms with E-state index in [0.717, 1.165) is 35.8 Å². The van der Waals surface area contributed by atoms with Gasteiger partial charge in [0.05, 0.1) is 17.2 Å². The average molecular weight is 463 g/mol. The first-order valence-corrected chi connectivity index (χ1v) is 9.62. The maximum atomic E-state index is 4.78. The largest absolute Gasteiger partial charge is 0.357 e. The number of likely N-dealkylation sites (tertiary alicyclic amines) is 1. The van der Waals surface area contributed by atoms with Crippen molar-refractivity contribution in [1.82, 2.24) is 20.5 Å². The molecule has 1 aromatic heterocycles. The number of halogens is 1. The van der Waals surface area contributed by atoms with E-state index >= 15 is 0 Å².